The Bertz CT molecular complexity index is 857. The van der Waals surface area contributed by atoms with Gasteiger partial charge in [-0.3, -0.25) is 9.69 Å². The number of hydrogen-bond donors (Lipinski definition) is 1. The van der Waals surface area contributed by atoms with Crippen molar-refractivity contribution in [3.63, 3.8) is 0 Å². The van der Waals surface area contributed by atoms with Gasteiger partial charge in [0.1, 0.15) is 5.02 Å². The van der Waals surface area contributed by atoms with Gasteiger partial charge in [0, 0.05) is 30.9 Å². The maximum absolute atomic E-state index is 12.0. The van der Waals surface area contributed by atoms with Gasteiger partial charge in [0.05, 0.1) is 13.2 Å². The van der Waals surface area contributed by atoms with Gasteiger partial charge < -0.3 is 9.72 Å². The van der Waals surface area contributed by atoms with E-state index in [0.29, 0.717) is 0 Å². The fourth-order valence-electron chi connectivity index (χ4n) is 3.15. The number of nitrogens with zero attached hydrogens (tertiary/aromatic N) is 1. The second kappa shape index (κ2) is 8.42. The summed E-state index contributed by atoms with van der Waals surface area (Å²) in [5.74, 6) is 0. The lowest BCUT2D eigenvalue weighted by Gasteiger charge is -2.25. The summed E-state index contributed by atoms with van der Waals surface area (Å²) in [7, 11) is 0. The van der Waals surface area contributed by atoms with Gasteiger partial charge in [-0.25, -0.2) is 0 Å². The molecule has 0 spiro atoms. The molecule has 0 amide bonds. The van der Waals surface area contributed by atoms with Crippen molar-refractivity contribution in [2.75, 3.05) is 32.8 Å². The number of aromatic amines is 1. The molecule has 4 nitrogen and oxygen atoms in total. The van der Waals surface area contributed by atoms with E-state index in [9.17, 15) is 4.79 Å². The Labute approximate surface area is 165 Å². The molecule has 3 rings (SSSR count). The van der Waals surface area contributed by atoms with Gasteiger partial charge in [-0.1, -0.05) is 62.7 Å². The highest BCUT2D eigenvalue weighted by Crippen LogP contribution is 2.27. The molecule has 1 aliphatic heterocycles. The zero-order chi connectivity index (χ0) is 19.4. The van der Waals surface area contributed by atoms with Crippen molar-refractivity contribution < 1.29 is 4.74 Å². The van der Waals surface area contributed by atoms with Crippen molar-refractivity contribution in [1.29, 1.82) is 0 Å². The van der Waals surface area contributed by atoms with E-state index in [1.165, 1.54) is 5.56 Å². The molecule has 27 heavy (non-hydrogen) atoms. The third kappa shape index (κ3) is 5.10. The minimum absolute atomic E-state index is 0.102. The molecule has 0 unspecified atom stereocenters. The molecule has 2 aromatic rings. The topological polar surface area (TPSA) is 45.3 Å². The Balaban J connectivity index is 1.95. The molecule has 1 saturated heterocycles. The maximum atomic E-state index is 12.0. The smallest absolute Gasteiger partial charge is 0.267 e. The summed E-state index contributed by atoms with van der Waals surface area (Å²) in [4.78, 5) is 17.3. The first-order chi connectivity index (χ1) is 12.8. The number of hydrogen-bond acceptors (Lipinski definition) is 3. The lowest BCUT2D eigenvalue weighted by Crippen LogP contribution is -2.36. The van der Waals surface area contributed by atoms with Crippen molar-refractivity contribution in [3.05, 3.63) is 74.7 Å². The SMILES string of the molecule is CC(C)(C)c1ccc(/C(=C\CN2CCOCC2)c2ccc(Cl)c(=O)[nH]2)cc1. The van der Waals surface area contributed by atoms with Crippen molar-refractivity contribution in [3.8, 4) is 0 Å². The number of aromatic nitrogens is 1. The van der Waals surface area contributed by atoms with E-state index in [1.54, 1.807) is 6.07 Å². The third-order valence-corrected chi connectivity index (χ3v) is 5.17. The molecular weight excluding hydrogens is 360 g/mol. The summed E-state index contributed by atoms with van der Waals surface area (Å²) in [6, 6.07) is 12.1. The fourth-order valence-corrected chi connectivity index (χ4v) is 3.26. The van der Waals surface area contributed by atoms with Crippen LogP contribution >= 0.6 is 11.6 Å². The first-order valence-corrected chi connectivity index (χ1v) is 9.73. The van der Waals surface area contributed by atoms with E-state index < -0.39 is 0 Å². The minimum atomic E-state index is -0.266. The summed E-state index contributed by atoms with van der Waals surface area (Å²) < 4.78 is 5.43. The number of nitrogens with one attached hydrogen (secondary N) is 1. The Morgan fingerprint density at radius 1 is 1.15 bits per heavy atom. The number of morpholine rings is 1. The highest BCUT2D eigenvalue weighted by Gasteiger charge is 2.15. The van der Waals surface area contributed by atoms with Crippen LogP contribution in [0.25, 0.3) is 5.57 Å². The summed E-state index contributed by atoms with van der Waals surface area (Å²) in [5, 5.41) is 0.203. The van der Waals surface area contributed by atoms with Crippen LogP contribution in [0.2, 0.25) is 5.02 Å². The standard InChI is InChI=1S/C22H27ClN2O2/c1-22(2,3)17-6-4-16(5-7-17)18(10-11-25-12-14-27-15-13-25)20-9-8-19(23)21(26)24-20/h4-10H,11-15H2,1-3H3,(H,24,26)/b18-10+. The predicted molar refractivity (Wildman–Crippen MR) is 112 cm³/mol. The van der Waals surface area contributed by atoms with Gasteiger partial charge in [-0.2, -0.15) is 0 Å². The lowest BCUT2D eigenvalue weighted by atomic mass is 9.86. The quantitative estimate of drug-likeness (QED) is 0.860. The summed E-state index contributed by atoms with van der Waals surface area (Å²) in [6.45, 7) is 10.8. The Hall–Kier alpha value is -1.88. The monoisotopic (exact) mass is 386 g/mol. The molecule has 2 heterocycles. The van der Waals surface area contributed by atoms with Gasteiger partial charge in [0.15, 0.2) is 0 Å². The molecule has 0 atom stereocenters. The van der Waals surface area contributed by atoms with Crippen LogP contribution in [-0.2, 0) is 10.2 Å². The van der Waals surface area contributed by atoms with E-state index >= 15 is 0 Å². The average molecular weight is 387 g/mol. The highest BCUT2D eigenvalue weighted by molar-refractivity contribution is 6.30. The molecule has 0 saturated carbocycles. The van der Waals surface area contributed by atoms with E-state index in [4.69, 9.17) is 16.3 Å². The molecule has 1 aromatic heterocycles. The van der Waals surface area contributed by atoms with Gasteiger partial charge in [0.2, 0.25) is 0 Å². The normalized spacial score (nSPS) is 16.5. The largest absolute Gasteiger partial charge is 0.379 e. The number of benzene rings is 1. The molecule has 0 radical (unpaired) electrons. The molecule has 144 valence electrons. The fraction of sp³-hybridized carbons (Fsp3) is 0.409. The summed E-state index contributed by atoms with van der Waals surface area (Å²) >= 11 is 5.92. The number of pyridine rings is 1. The molecule has 1 N–H and O–H groups in total. The highest BCUT2D eigenvalue weighted by atomic mass is 35.5. The number of rotatable bonds is 4. The van der Waals surface area contributed by atoms with E-state index in [0.717, 1.165) is 49.7 Å². The van der Waals surface area contributed by atoms with Crippen LogP contribution in [0.4, 0.5) is 0 Å². The Morgan fingerprint density at radius 3 is 2.41 bits per heavy atom. The predicted octanol–water partition coefficient (Wildman–Crippen LogP) is 4.09. The molecule has 1 aromatic carbocycles. The lowest BCUT2D eigenvalue weighted by molar-refractivity contribution is 0.0435. The van der Waals surface area contributed by atoms with Crippen LogP contribution in [0.5, 0.6) is 0 Å². The van der Waals surface area contributed by atoms with E-state index in [2.05, 4.69) is 61.0 Å². The van der Waals surface area contributed by atoms with E-state index in [-0.39, 0.29) is 16.0 Å². The van der Waals surface area contributed by atoms with Gasteiger partial charge in [0.25, 0.3) is 5.56 Å². The molecule has 0 bridgehead atoms. The first kappa shape index (κ1) is 19.9. The maximum Gasteiger partial charge on any atom is 0.267 e. The van der Waals surface area contributed by atoms with Crippen LogP contribution < -0.4 is 5.56 Å². The van der Waals surface area contributed by atoms with Crippen molar-refractivity contribution in [1.82, 2.24) is 9.88 Å². The van der Waals surface area contributed by atoms with Crippen molar-refractivity contribution in [2.45, 2.75) is 26.2 Å². The molecule has 0 aliphatic carbocycles. The van der Waals surface area contributed by atoms with Crippen LogP contribution in [0, 0.1) is 0 Å². The van der Waals surface area contributed by atoms with Crippen molar-refractivity contribution in [2.24, 2.45) is 0 Å². The first-order valence-electron chi connectivity index (χ1n) is 9.35. The minimum Gasteiger partial charge on any atom is -0.379 e. The van der Waals surface area contributed by atoms with E-state index in [1.807, 2.05) is 6.07 Å². The van der Waals surface area contributed by atoms with Gasteiger partial charge in [-0.05, 0) is 28.7 Å². The van der Waals surface area contributed by atoms with Crippen LogP contribution in [0.15, 0.2) is 47.3 Å². The molecular formula is C22H27ClN2O2. The molecule has 1 fully saturated rings. The van der Waals surface area contributed by atoms with Crippen LogP contribution in [0.3, 0.4) is 0 Å². The van der Waals surface area contributed by atoms with Crippen LogP contribution in [0.1, 0.15) is 37.6 Å². The Morgan fingerprint density at radius 2 is 1.81 bits per heavy atom. The van der Waals surface area contributed by atoms with Gasteiger partial charge in [-0.15, -0.1) is 0 Å². The number of halogens is 1. The second-order valence-electron chi connectivity index (χ2n) is 7.91. The third-order valence-electron chi connectivity index (χ3n) is 4.87. The zero-order valence-corrected chi connectivity index (χ0v) is 17.0. The van der Waals surface area contributed by atoms with Crippen LogP contribution in [-0.4, -0.2) is 42.7 Å². The van der Waals surface area contributed by atoms with Crippen molar-refractivity contribution >= 4 is 17.2 Å². The summed E-state index contributed by atoms with van der Waals surface area (Å²) in [5.41, 5.74) is 3.98. The second-order valence-corrected chi connectivity index (χ2v) is 8.31. The molecule has 5 heteroatoms. The number of H-pyrrole nitrogens is 1. The zero-order valence-electron chi connectivity index (χ0n) is 16.2. The molecule has 1 aliphatic rings. The average Bonchev–Trinajstić information content (AvgIpc) is 2.65. The van der Waals surface area contributed by atoms with Gasteiger partial charge >= 0.3 is 0 Å². The Kier molecular flexibility index (Phi) is 6.20. The number of ether oxygens (including phenoxy) is 1. The summed E-state index contributed by atoms with van der Waals surface area (Å²) in [6.07, 6.45) is 2.18.